The first-order chi connectivity index (χ1) is 10.0. The summed E-state index contributed by atoms with van der Waals surface area (Å²) >= 11 is 0. The highest BCUT2D eigenvalue weighted by Crippen LogP contribution is 2.25. The molecule has 1 aromatic carbocycles. The van der Waals surface area contributed by atoms with Gasteiger partial charge in [-0.25, -0.2) is 0 Å². The second-order valence-electron chi connectivity index (χ2n) is 4.88. The first-order valence-corrected chi connectivity index (χ1v) is 6.51. The maximum Gasteiger partial charge on any atom is 0.246 e. The molecule has 7 nitrogen and oxygen atoms in total. The maximum atomic E-state index is 11.9. The number of nitrogens with zero attached hydrogens (tertiary/aromatic N) is 3. The molecular weight excluding hydrogens is 270 g/mol. The summed E-state index contributed by atoms with van der Waals surface area (Å²) in [6.07, 6.45) is 0. The van der Waals surface area contributed by atoms with Crippen molar-refractivity contribution in [1.29, 1.82) is 0 Å². The van der Waals surface area contributed by atoms with Gasteiger partial charge in [-0.05, 0) is 12.1 Å². The van der Waals surface area contributed by atoms with Gasteiger partial charge >= 0.3 is 0 Å². The van der Waals surface area contributed by atoms with E-state index in [0.717, 1.165) is 11.3 Å². The Morgan fingerprint density at radius 1 is 1.29 bits per heavy atom. The Hall–Kier alpha value is -2.83. The number of rotatable bonds is 2. The van der Waals surface area contributed by atoms with Crippen LogP contribution >= 0.6 is 0 Å². The van der Waals surface area contributed by atoms with Crippen LogP contribution in [0.15, 0.2) is 30.3 Å². The lowest BCUT2D eigenvalue weighted by Crippen LogP contribution is -2.51. The van der Waals surface area contributed by atoms with Gasteiger partial charge in [-0.15, -0.1) is 0 Å². The Bertz CT molecular complexity index is 702. The van der Waals surface area contributed by atoms with Crippen molar-refractivity contribution >= 4 is 23.3 Å². The van der Waals surface area contributed by atoms with Gasteiger partial charge in [0.05, 0.1) is 12.2 Å². The first-order valence-electron chi connectivity index (χ1n) is 6.51. The van der Waals surface area contributed by atoms with Crippen molar-refractivity contribution in [3.05, 3.63) is 30.3 Å². The number of carbonyl (C=O) groups is 2. The number of aromatic nitrogens is 2. The molecule has 7 heteroatoms. The number of nitrogens with one attached hydrogen (secondary N) is 1. The van der Waals surface area contributed by atoms with E-state index in [2.05, 4.69) is 10.4 Å². The van der Waals surface area contributed by atoms with Crippen LogP contribution in [0.1, 0.15) is 0 Å². The van der Waals surface area contributed by atoms with Crippen molar-refractivity contribution in [2.45, 2.75) is 0 Å². The summed E-state index contributed by atoms with van der Waals surface area (Å²) in [6.45, 7) is 0.0617. The fraction of sp³-hybridized carbons (Fsp3) is 0.214. The van der Waals surface area contributed by atoms with Crippen molar-refractivity contribution in [3.63, 3.8) is 0 Å². The smallest absolute Gasteiger partial charge is 0.246 e. The standard InChI is InChI=1S/C14H15N5O2/c1-18-12(15)6-11(17-18)9-3-2-4-10(5-9)19-8-13(20)16-7-14(19)21/h2-6H,7-8,15H2,1H3,(H,16,20). The van der Waals surface area contributed by atoms with Crippen LogP contribution in [-0.2, 0) is 16.6 Å². The van der Waals surface area contributed by atoms with E-state index in [4.69, 9.17) is 5.73 Å². The van der Waals surface area contributed by atoms with E-state index in [1.54, 1.807) is 23.9 Å². The maximum absolute atomic E-state index is 11.9. The normalized spacial score (nSPS) is 15.2. The van der Waals surface area contributed by atoms with Crippen molar-refractivity contribution < 1.29 is 9.59 Å². The Morgan fingerprint density at radius 3 is 2.81 bits per heavy atom. The lowest BCUT2D eigenvalue weighted by Gasteiger charge is -2.26. The molecule has 2 heterocycles. The van der Waals surface area contributed by atoms with Crippen molar-refractivity contribution in [1.82, 2.24) is 15.1 Å². The summed E-state index contributed by atoms with van der Waals surface area (Å²) in [6, 6.07) is 9.11. The van der Waals surface area contributed by atoms with Crippen LogP contribution in [0.3, 0.4) is 0 Å². The van der Waals surface area contributed by atoms with Crippen molar-refractivity contribution in [3.8, 4) is 11.3 Å². The van der Waals surface area contributed by atoms with E-state index in [1.165, 1.54) is 4.90 Å². The molecule has 1 fully saturated rings. The molecule has 0 radical (unpaired) electrons. The molecule has 1 aliphatic rings. The van der Waals surface area contributed by atoms with Gasteiger partial charge in [-0.2, -0.15) is 5.10 Å². The molecule has 1 aliphatic heterocycles. The average molecular weight is 285 g/mol. The molecule has 0 atom stereocenters. The SMILES string of the molecule is Cn1nc(-c2cccc(N3CC(=O)NCC3=O)c2)cc1N. The molecule has 3 N–H and O–H groups in total. The summed E-state index contributed by atoms with van der Waals surface area (Å²) in [5.74, 6) is 0.262. The number of aryl methyl sites for hydroxylation is 1. The van der Waals surface area contributed by atoms with Crippen LogP contribution in [0.5, 0.6) is 0 Å². The Kier molecular flexibility index (Phi) is 3.09. The van der Waals surface area contributed by atoms with Crippen molar-refractivity contribution in [2.24, 2.45) is 7.05 Å². The molecule has 21 heavy (non-hydrogen) atoms. The highest BCUT2D eigenvalue weighted by Gasteiger charge is 2.24. The number of nitrogen functional groups attached to an aromatic ring is 1. The van der Waals surface area contributed by atoms with Crippen LogP contribution in [-0.4, -0.2) is 34.7 Å². The molecule has 1 aromatic heterocycles. The molecule has 0 aliphatic carbocycles. The largest absolute Gasteiger partial charge is 0.384 e. The minimum absolute atomic E-state index is 0.0274. The second kappa shape index (κ2) is 4.93. The van der Waals surface area contributed by atoms with Gasteiger partial charge in [-0.3, -0.25) is 14.3 Å². The Balaban J connectivity index is 1.96. The monoisotopic (exact) mass is 285 g/mol. The van der Waals surface area contributed by atoms with Crippen LogP contribution in [0.25, 0.3) is 11.3 Å². The van der Waals surface area contributed by atoms with Gasteiger partial charge in [0.2, 0.25) is 11.8 Å². The average Bonchev–Trinajstić information content (AvgIpc) is 2.81. The molecule has 1 saturated heterocycles. The number of hydrogen-bond acceptors (Lipinski definition) is 4. The van der Waals surface area contributed by atoms with Gasteiger partial charge in [-0.1, -0.05) is 12.1 Å². The van der Waals surface area contributed by atoms with Gasteiger partial charge < -0.3 is 16.0 Å². The van der Waals surface area contributed by atoms with E-state index in [-0.39, 0.29) is 24.9 Å². The van der Waals surface area contributed by atoms with E-state index < -0.39 is 0 Å². The van der Waals surface area contributed by atoms with E-state index in [9.17, 15) is 9.59 Å². The highest BCUT2D eigenvalue weighted by molar-refractivity contribution is 6.04. The van der Waals surface area contributed by atoms with Gasteiger partial charge in [0.15, 0.2) is 0 Å². The summed E-state index contributed by atoms with van der Waals surface area (Å²) in [7, 11) is 1.77. The van der Waals surface area contributed by atoms with Crippen LogP contribution in [0, 0.1) is 0 Å². The molecule has 0 saturated carbocycles. The first kappa shape index (κ1) is 13.2. The molecule has 2 aromatic rings. The second-order valence-corrected chi connectivity index (χ2v) is 4.88. The quantitative estimate of drug-likeness (QED) is 0.820. The number of benzene rings is 1. The van der Waals surface area contributed by atoms with Crippen LogP contribution in [0.2, 0.25) is 0 Å². The number of carbonyl (C=O) groups excluding carboxylic acids is 2. The third-order valence-electron chi connectivity index (χ3n) is 3.41. The van der Waals surface area contributed by atoms with Crippen LogP contribution < -0.4 is 16.0 Å². The highest BCUT2D eigenvalue weighted by atomic mass is 16.2. The lowest BCUT2D eigenvalue weighted by molar-refractivity contribution is -0.128. The minimum Gasteiger partial charge on any atom is -0.384 e. The molecular formula is C14H15N5O2. The number of amides is 2. The van der Waals surface area contributed by atoms with Gasteiger partial charge in [0, 0.05) is 24.4 Å². The third kappa shape index (κ3) is 2.45. The summed E-state index contributed by atoms with van der Waals surface area (Å²) in [4.78, 5) is 24.8. The minimum atomic E-state index is -0.165. The van der Waals surface area contributed by atoms with Gasteiger partial charge in [0.1, 0.15) is 12.4 Å². The zero-order valence-corrected chi connectivity index (χ0v) is 11.5. The Labute approximate surface area is 121 Å². The molecule has 2 amide bonds. The van der Waals surface area contributed by atoms with Crippen molar-refractivity contribution in [2.75, 3.05) is 23.7 Å². The lowest BCUT2D eigenvalue weighted by atomic mass is 10.1. The molecule has 0 bridgehead atoms. The number of hydrogen-bond donors (Lipinski definition) is 2. The molecule has 0 unspecified atom stereocenters. The molecule has 0 spiro atoms. The topological polar surface area (TPSA) is 93.2 Å². The van der Waals surface area contributed by atoms with E-state index in [0.29, 0.717) is 11.5 Å². The molecule has 3 rings (SSSR count). The van der Waals surface area contributed by atoms with Crippen LogP contribution in [0.4, 0.5) is 11.5 Å². The summed E-state index contributed by atoms with van der Waals surface area (Å²) in [5.41, 5.74) is 8.03. The zero-order valence-electron chi connectivity index (χ0n) is 11.5. The summed E-state index contributed by atoms with van der Waals surface area (Å²) < 4.78 is 1.58. The fourth-order valence-electron chi connectivity index (χ4n) is 2.25. The van der Waals surface area contributed by atoms with E-state index in [1.807, 2.05) is 18.2 Å². The predicted octanol–water partition coefficient (Wildman–Crippen LogP) is 0.132. The Morgan fingerprint density at radius 2 is 2.10 bits per heavy atom. The van der Waals surface area contributed by atoms with E-state index >= 15 is 0 Å². The van der Waals surface area contributed by atoms with Gasteiger partial charge in [0.25, 0.3) is 0 Å². The molecule has 108 valence electrons. The summed E-state index contributed by atoms with van der Waals surface area (Å²) in [5, 5.41) is 6.84. The fourth-order valence-corrected chi connectivity index (χ4v) is 2.25. The number of anilines is 2. The predicted molar refractivity (Wildman–Crippen MR) is 78.4 cm³/mol. The number of nitrogens with two attached hydrogens (primary N) is 1. The zero-order chi connectivity index (χ0) is 15.0. The number of piperazine rings is 1. The third-order valence-corrected chi connectivity index (χ3v) is 3.41.